The zero-order valence-corrected chi connectivity index (χ0v) is 12.4. The molecule has 2 rings (SSSR count). The van der Waals surface area contributed by atoms with Crippen LogP contribution in [0.5, 0.6) is 0 Å². The van der Waals surface area contributed by atoms with E-state index in [0.29, 0.717) is 12.0 Å². The Kier molecular flexibility index (Phi) is 4.59. The predicted octanol–water partition coefficient (Wildman–Crippen LogP) is 4.52. The molecule has 0 saturated heterocycles. The van der Waals surface area contributed by atoms with Crippen molar-refractivity contribution in [3.05, 3.63) is 29.5 Å². The number of aromatic nitrogens is 2. The number of hydrogen-bond donors (Lipinski definition) is 1. The van der Waals surface area contributed by atoms with Gasteiger partial charge in [0.2, 0.25) is 5.28 Å². The number of para-hydroxylation sites is 1. The van der Waals surface area contributed by atoms with E-state index in [-0.39, 0.29) is 5.28 Å². The van der Waals surface area contributed by atoms with Gasteiger partial charge in [-0.1, -0.05) is 32.4 Å². The van der Waals surface area contributed by atoms with Crippen LogP contribution in [0.1, 0.15) is 33.6 Å². The quantitative estimate of drug-likeness (QED) is 0.817. The van der Waals surface area contributed by atoms with E-state index in [0.717, 1.165) is 23.1 Å². The van der Waals surface area contributed by atoms with Crippen LogP contribution >= 0.6 is 11.6 Å². The molecule has 0 bridgehead atoms. The van der Waals surface area contributed by atoms with E-state index < -0.39 is 0 Å². The molecule has 19 heavy (non-hydrogen) atoms. The van der Waals surface area contributed by atoms with Crippen LogP contribution in [0.15, 0.2) is 24.3 Å². The number of halogens is 1. The minimum atomic E-state index is 0.289. The second-order valence-corrected chi connectivity index (χ2v) is 5.49. The second kappa shape index (κ2) is 6.20. The molecule has 1 aromatic carbocycles. The third-order valence-electron chi connectivity index (χ3n) is 3.41. The monoisotopic (exact) mass is 277 g/mol. The van der Waals surface area contributed by atoms with Gasteiger partial charge in [-0.3, -0.25) is 0 Å². The van der Waals surface area contributed by atoms with Gasteiger partial charge in [-0.25, -0.2) is 9.97 Å². The normalized spacial score (nSPS) is 14.3. The summed E-state index contributed by atoms with van der Waals surface area (Å²) in [6.07, 6.45) is 2.31. The van der Waals surface area contributed by atoms with E-state index in [4.69, 9.17) is 11.6 Å². The molecule has 1 N–H and O–H groups in total. The molecule has 2 atom stereocenters. The lowest BCUT2D eigenvalue weighted by Gasteiger charge is -2.19. The van der Waals surface area contributed by atoms with Crippen molar-refractivity contribution in [1.29, 1.82) is 0 Å². The molecule has 0 radical (unpaired) electrons. The number of anilines is 1. The van der Waals surface area contributed by atoms with E-state index >= 15 is 0 Å². The van der Waals surface area contributed by atoms with Crippen molar-refractivity contribution in [2.45, 2.75) is 39.7 Å². The molecule has 2 aromatic rings. The number of nitrogens with zero attached hydrogens (tertiary/aromatic N) is 2. The molecular weight excluding hydrogens is 258 g/mol. The lowest BCUT2D eigenvalue weighted by atomic mass is 10.0. The Balaban J connectivity index is 2.24. The van der Waals surface area contributed by atoms with E-state index in [1.165, 1.54) is 6.42 Å². The maximum absolute atomic E-state index is 5.98. The number of fused-ring (bicyclic) bond motifs is 1. The van der Waals surface area contributed by atoms with Gasteiger partial charge in [-0.15, -0.1) is 0 Å². The SMILES string of the molecule is CCC(C)CC(C)Nc1nc(Cl)nc2ccccc12. The van der Waals surface area contributed by atoms with Crippen molar-refractivity contribution in [3.63, 3.8) is 0 Å². The molecule has 1 aromatic heterocycles. The number of benzene rings is 1. The molecular formula is C15H20ClN3. The highest BCUT2D eigenvalue weighted by Crippen LogP contribution is 2.23. The summed E-state index contributed by atoms with van der Waals surface area (Å²) in [7, 11) is 0. The Morgan fingerprint density at radius 3 is 2.68 bits per heavy atom. The lowest BCUT2D eigenvalue weighted by molar-refractivity contribution is 0.483. The zero-order chi connectivity index (χ0) is 13.8. The highest BCUT2D eigenvalue weighted by Gasteiger charge is 2.11. The Hall–Kier alpha value is -1.35. The fourth-order valence-electron chi connectivity index (χ4n) is 2.22. The maximum Gasteiger partial charge on any atom is 0.224 e. The van der Waals surface area contributed by atoms with E-state index in [1.54, 1.807) is 0 Å². The van der Waals surface area contributed by atoms with Gasteiger partial charge in [0, 0.05) is 11.4 Å². The molecule has 0 spiro atoms. The molecule has 102 valence electrons. The topological polar surface area (TPSA) is 37.8 Å². The van der Waals surface area contributed by atoms with Crippen molar-refractivity contribution < 1.29 is 0 Å². The number of rotatable bonds is 5. The second-order valence-electron chi connectivity index (χ2n) is 5.15. The fourth-order valence-corrected chi connectivity index (χ4v) is 2.40. The van der Waals surface area contributed by atoms with Crippen LogP contribution in [-0.2, 0) is 0 Å². The first-order valence-electron chi connectivity index (χ1n) is 6.79. The maximum atomic E-state index is 5.98. The van der Waals surface area contributed by atoms with Crippen molar-refractivity contribution in [1.82, 2.24) is 9.97 Å². The van der Waals surface area contributed by atoms with Gasteiger partial charge < -0.3 is 5.32 Å². The number of nitrogens with one attached hydrogen (secondary N) is 1. The predicted molar refractivity (Wildman–Crippen MR) is 81.7 cm³/mol. The fraction of sp³-hybridized carbons (Fsp3) is 0.467. The summed E-state index contributed by atoms with van der Waals surface area (Å²) in [5.74, 6) is 1.53. The summed E-state index contributed by atoms with van der Waals surface area (Å²) in [6.45, 7) is 6.66. The summed E-state index contributed by atoms with van der Waals surface area (Å²) in [5.41, 5.74) is 0.876. The van der Waals surface area contributed by atoms with Crippen LogP contribution in [-0.4, -0.2) is 16.0 Å². The summed E-state index contributed by atoms with van der Waals surface area (Å²) in [4.78, 5) is 8.55. The van der Waals surface area contributed by atoms with Crippen LogP contribution in [0.2, 0.25) is 5.28 Å². The molecule has 2 unspecified atom stereocenters. The Morgan fingerprint density at radius 1 is 1.21 bits per heavy atom. The average Bonchev–Trinajstić information content (AvgIpc) is 2.38. The third kappa shape index (κ3) is 3.57. The van der Waals surface area contributed by atoms with Crippen molar-refractivity contribution >= 4 is 28.3 Å². The summed E-state index contributed by atoms with van der Waals surface area (Å²) in [6, 6.07) is 8.28. The Morgan fingerprint density at radius 2 is 1.95 bits per heavy atom. The third-order valence-corrected chi connectivity index (χ3v) is 3.58. The summed E-state index contributed by atoms with van der Waals surface area (Å²) < 4.78 is 0. The van der Waals surface area contributed by atoms with Crippen LogP contribution in [0.25, 0.3) is 10.9 Å². The standard InChI is InChI=1S/C15H20ClN3/c1-4-10(2)9-11(3)17-14-12-7-5-6-8-13(12)18-15(16)19-14/h5-8,10-11H,4,9H2,1-3H3,(H,17,18,19). The molecule has 0 aliphatic carbocycles. The minimum absolute atomic E-state index is 0.289. The first-order chi connectivity index (χ1) is 9.10. The summed E-state index contributed by atoms with van der Waals surface area (Å²) >= 11 is 5.98. The minimum Gasteiger partial charge on any atom is -0.367 e. The van der Waals surface area contributed by atoms with Gasteiger partial charge in [-0.05, 0) is 43.0 Å². The van der Waals surface area contributed by atoms with Gasteiger partial charge in [0.15, 0.2) is 0 Å². The number of hydrogen-bond acceptors (Lipinski definition) is 3. The molecule has 0 aliphatic rings. The van der Waals surface area contributed by atoms with Crippen LogP contribution < -0.4 is 5.32 Å². The van der Waals surface area contributed by atoms with Gasteiger partial charge in [0.1, 0.15) is 5.82 Å². The average molecular weight is 278 g/mol. The smallest absolute Gasteiger partial charge is 0.224 e. The van der Waals surface area contributed by atoms with Gasteiger partial charge in [0.05, 0.1) is 5.52 Å². The lowest BCUT2D eigenvalue weighted by Crippen LogP contribution is -2.19. The summed E-state index contributed by atoms with van der Waals surface area (Å²) in [5, 5.41) is 4.76. The molecule has 1 heterocycles. The van der Waals surface area contributed by atoms with Crippen molar-refractivity contribution in [2.75, 3.05) is 5.32 Å². The first kappa shape index (κ1) is 14.1. The largest absolute Gasteiger partial charge is 0.367 e. The van der Waals surface area contributed by atoms with Gasteiger partial charge in [0.25, 0.3) is 0 Å². The molecule has 0 saturated carbocycles. The van der Waals surface area contributed by atoms with Crippen molar-refractivity contribution in [3.8, 4) is 0 Å². The highest BCUT2D eigenvalue weighted by molar-refractivity contribution is 6.28. The van der Waals surface area contributed by atoms with E-state index in [2.05, 4.69) is 36.1 Å². The van der Waals surface area contributed by atoms with Gasteiger partial charge >= 0.3 is 0 Å². The van der Waals surface area contributed by atoms with Crippen molar-refractivity contribution in [2.24, 2.45) is 5.92 Å². The molecule has 0 aliphatic heterocycles. The van der Waals surface area contributed by atoms with Crippen LogP contribution in [0.4, 0.5) is 5.82 Å². The molecule has 0 fully saturated rings. The van der Waals surface area contributed by atoms with Crippen LogP contribution in [0, 0.1) is 5.92 Å². The Labute approximate surface area is 119 Å². The van der Waals surface area contributed by atoms with Gasteiger partial charge in [-0.2, -0.15) is 0 Å². The Bertz CT molecular complexity index is 556. The molecule has 4 heteroatoms. The van der Waals surface area contributed by atoms with Crippen LogP contribution in [0.3, 0.4) is 0 Å². The zero-order valence-electron chi connectivity index (χ0n) is 11.7. The first-order valence-corrected chi connectivity index (χ1v) is 7.16. The molecule has 0 amide bonds. The highest BCUT2D eigenvalue weighted by atomic mass is 35.5. The van der Waals surface area contributed by atoms with E-state index in [1.807, 2.05) is 24.3 Å². The molecule has 3 nitrogen and oxygen atoms in total. The van der Waals surface area contributed by atoms with E-state index in [9.17, 15) is 0 Å².